The van der Waals surface area contributed by atoms with E-state index < -0.39 is 12.2 Å². The van der Waals surface area contributed by atoms with E-state index in [0.29, 0.717) is 22.3 Å². The molecule has 0 saturated heterocycles. The minimum Gasteiger partial charge on any atom is -0.338 e. The number of aromatic amines is 1. The fourth-order valence-electron chi connectivity index (χ4n) is 4.81. The number of anilines is 2. The lowest BCUT2D eigenvalue weighted by Crippen LogP contribution is -2.28. The topological polar surface area (TPSA) is 88.7 Å². The molecule has 3 aromatic rings. The highest BCUT2D eigenvalue weighted by Crippen LogP contribution is 2.65. The molecule has 0 aliphatic heterocycles. The summed E-state index contributed by atoms with van der Waals surface area (Å²) < 4.78 is 40.4. The van der Waals surface area contributed by atoms with Gasteiger partial charge in [-0.2, -0.15) is 18.3 Å². The maximum atomic E-state index is 12.8. The van der Waals surface area contributed by atoms with Crippen molar-refractivity contribution in [1.82, 2.24) is 14.8 Å². The molecule has 2 aliphatic rings. The van der Waals surface area contributed by atoms with Gasteiger partial charge in [0.1, 0.15) is 11.4 Å². The second-order valence-corrected chi connectivity index (χ2v) is 8.42. The molecule has 2 unspecified atom stereocenters. The van der Waals surface area contributed by atoms with Crippen LogP contribution in [-0.2, 0) is 0 Å². The van der Waals surface area contributed by atoms with Crippen molar-refractivity contribution in [3.8, 4) is 0 Å². The Bertz CT molecular complexity index is 1140. The smallest absolute Gasteiger partial charge is 0.338 e. The van der Waals surface area contributed by atoms with Crippen LogP contribution < -0.4 is 16.6 Å². The number of hydrogen-bond donors (Lipinski definition) is 3. The zero-order chi connectivity index (χ0) is 21.1. The van der Waals surface area contributed by atoms with E-state index in [0.717, 1.165) is 11.9 Å². The molecule has 0 radical (unpaired) electrons. The molecule has 2 saturated carbocycles. The van der Waals surface area contributed by atoms with Crippen molar-refractivity contribution in [2.45, 2.75) is 50.4 Å². The SMILES string of the molecule is NC(c1ccc(Nc2nn(C3CC34CCCC4)c3cc[nH]c(=O)c23)cc1)C(F)(F)F. The fraction of sp³-hybridized carbons (Fsp3) is 0.429. The fourth-order valence-corrected chi connectivity index (χ4v) is 4.81. The largest absolute Gasteiger partial charge is 0.407 e. The number of benzene rings is 1. The Hall–Kier alpha value is -2.81. The van der Waals surface area contributed by atoms with Crippen LogP contribution in [0.3, 0.4) is 0 Å². The van der Waals surface area contributed by atoms with E-state index in [1.165, 1.54) is 49.9 Å². The third kappa shape index (κ3) is 3.08. The molecule has 2 fully saturated rings. The van der Waals surface area contributed by atoms with Crippen LogP contribution in [0.25, 0.3) is 10.9 Å². The lowest BCUT2D eigenvalue weighted by molar-refractivity contribution is -0.149. The van der Waals surface area contributed by atoms with E-state index >= 15 is 0 Å². The third-order valence-electron chi connectivity index (χ3n) is 6.56. The Kier molecular flexibility index (Phi) is 4.22. The van der Waals surface area contributed by atoms with Crippen LogP contribution in [-0.4, -0.2) is 20.9 Å². The van der Waals surface area contributed by atoms with E-state index in [2.05, 4.69) is 10.3 Å². The van der Waals surface area contributed by atoms with E-state index in [-0.39, 0.29) is 17.2 Å². The molecule has 1 aromatic carbocycles. The molecule has 2 aromatic heterocycles. The van der Waals surface area contributed by atoms with Crippen LogP contribution >= 0.6 is 0 Å². The molecule has 5 rings (SSSR count). The highest BCUT2D eigenvalue weighted by Gasteiger charge is 2.57. The quantitative estimate of drug-likeness (QED) is 0.582. The normalized spacial score (nSPS) is 21.3. The standard InChI is InChI=1S/C21H22F3N5O/c22-21(23,24)17(25)12-3-5-13(6-4-12)27-18-16-14(7-10-26-19(16)30)29(28-18)15-11-20(15)8-1-2-9-20/h3-7,10,15,17H,1-2,8-9,11,25H2,(H,26,30)(H,27,28). The number of aromatic nitrogens is 3. The Labute approximate surface area is 170 Å². The first-order valence-electron chi connectivity index (χ1n) is 10.1. The Balaban J connectivity index is 1.47. The van der Waals surface area contributed by atoms with Crippen molar-refractivity contribution in [1.29, 1.82) is 0 Å². The molecule has 4 N–H and O–H groups in total. The van der Waals surface area contributed by atoms with Crippen molar-refractivity contribution in [3.63, 3.8) is 0 Å². The zero-order valence-electron chi connectivity index (χ0n) is 16.2. The van der Waals surface area contributed by atoms with Gasteiger partial charge in [-0.1, -0.05) is 25.0 Å². The first-order valence-corrected chi connectivity index (χ1v) is 10.1. The summed E-state index contributed by atoms with van der Waals surface area (Å²) in [6.45, 7) is 0. The van der Waals surface area contributed by atoms with Gasteiger partial charge in [-0.3, -0.25) is 9.48 Å². The average Bonchev–Trinajstić information content (AvgIpc) is 3.02. The summed E-state index contributed by atoms with van der Waals surface area (Å²) in [7, 11) is 0. The van der Waals surface area contributed by atoms with Gasteiger partial charge in [0.25, 0.3) is 5.56 Å². The monoisotopic (exact) mass is 417 g/mol. The van der Waals surface area contributed by atoms with Crippen LogP contribution in [0.1, 0.15) is 49.8 Å². The third-order valence-corrected chi connectivity index (χ3v) is 6.56. The zero-order valence-corrected chi connectivity index (χ0v) is 16.2. The van der Waals surface area contributed by atoms with E-state index in [1.807, 2.05) is 10.7 Å². The van der Waals surface area contributed by atoms with Gasteiger partial charge >= 0.3 is 6.18 Å². The van der Waals surface area contributed by atoms with E-state index in [9.17, 15) is 18.0 Å². The van der Waals surface area contributed by atoms with Gasteiger partial charge in [0.05, 0.1) is 11.6 Å². The van der Waals surface area contributed by atoms with Gasteiger partial charge < -0.3 is 16.0 Å². The molecule has 30 heavy (non-hydrogen) atoms. The Morgan fingerprint density at radius 3 is 2.57 bits per heavy atom. The van der Waals surface area contributed by atoms with Gasteiger partial charge in [-0.25, -0.2) is 0 Å². The number of pyridine rings is 1. The van der Waals surface area contributed by atoms with Crippen LogP contribution in [0, 0.1) is 5.41 Å². The van der Waals surface area contributed by atoms with Gasteiger partial charge in [0.2, 0.25) is 0 Å². The predicted molar refractivity (Wildman–Crippen MR) is 108 cm³/mol. The molecular weight excluding hydrogens is 395 g/mol. The maximum absolute atomic E-state index is 12.8. The molecule has 0 amide bonds. The first kappa shape index (κ1) is 19.2. The Morgan fingerprint density at radius 1 is 1.20 bits per heavy atom. The highest BCUT2D eigenvalue weighted by molar-refractivity contribution is 5.91. The van der Waals surface area contributed by atoms with E-state index in [1.54, 1.807) is 6.20 Å². The molecule has 2 aliphatic carbocycles. The van der Waals surface area contributed by atoms with Crippen molar-refractivity contribution < 1.29 is 13.2 Å². The molecule has 158 valence electrons. The minimum absolute atomic E-state index is 0.0255. The van der Waals surface area contributed by atoms with Gasteiger partial charge in [0.15, 0.2) is 5.82 Å². The second-order valence-electron chi connectivity index (χ2n) is 8.42. The summed E-state index contributed by atoms with van der Waals surface area (Å²) in [4.78, 5) is 15.2. The van der Waals surface area contributed by atoms with Crippen LogP contribution in [0.2, 0.25) is 0 Å². The molecule has 1 spiro atoms. The number of nitrogens with two attached hydrogens (primary N) is 1. The van der Waals surface area contributed by atoms with Crippen molar-refractivity contribution in [3.05, 3.63) is 52.4 Å². The number of alkyl halides is 3. The average molecular weight is 417 g/mol. The molecule has 6 nitrogen and oxygen atoms in total. The summed E-state index contributed by atoms with van der Waals surface area (Å²) in [5.74, 6) is 0.403. The lowest BCUT2D eigenvalue weighted by Gasteiger charge is -2.16. The number of rotatable bonds is 4. The van der Waals surface area contributed by atoms with E-state index in [4.69, 9.17) is 10.8 Å². The number of hydrogen-bond acceptors (Lipinski definition) is 4. The second kappa shape index (κ2) is 6.60. The number of nitrogens with zero attached hydrogens (tertiary/aromatic N) is 2. The summed E-state index contributed by atoms with van der Waals surface area (Å²) in [5.41, 5.74) is 6.59. The highest BCUT2D eigenvalue weighted by atomic mass is 19.4. The van der Waals surface area contributed by atoms with Gasteiger partial charge in [-0.15, -0.1) is 0 Å². The minimum atomic E-state index is -4.50. The predicted octanol–water partition coefficient (Wildman–Crippen LogP) is 4.54. The van der Waals surface area contributed by atoms with Crippen molar-refractivity contribution in [2.24, 2.45) is 11.1 Å². The number of nitrogens with one attached hydrogen (secondary N) is 2. The molecular formula is C21H22F3N5O. The number of halogens is 3. The van der Waals surface area contributed by atoms with Crippen molar-refractivity contribution >= 4 is 22.4 Å². The summed E-state index contributed by atoms with van der Waals surface area (Å²) >= 11 is 0. The van der Waals surface area contributed by atoms with Gasteiger partial charge in [0, 0.05) is 11.9 Å². The first-order chi connectivity index (χ1) is 14.3. The Morgan fingerprint density at radius 2 is 1.90 bits per heavy atom. The molecule has 0 bridgehead atoms. The molecule has 9 heteroatoms. The lowest BCUT2D eigenvalue weighted by atomic mass is 10.1. The van der Waals surface area contributed by atoms with Gasteiger partial charge in [-0.05, 0) is 48.4 Å². The number of H-pyrrole nitrogens is 1. The summed E-state index contributed by atoms with van der Waals surface area (Å²) in [6.07, 6.45) is 3.01. The van der Waals surface area contributed by atoms with Crippen LogP contribution in [0.4, 0.5) is 24.7 Å². The van der Waals surface area contributed by atoms with Crippen LogP contribution in [0.15, 0.2) is 41.3 Å². The molecule has 2 atom stereocenters. The van der Waals surface area contributed by atoms with Crippen molar-refractivity contribution in [2.75, 3.05) is 5.32 Å². The summed E-state index contributed by atoms with van der Waals surface area (Å²) in [5, 5.41) is 8.26. The molecule has 2 heterocycles. The number of fused-ring (bicyclic) bond motifs is 1. The van der Waals surface area contributed by atoms with Crippen LogP contribution in [0.5, 0.6) is 0 Å². The summed E-state index contributed by atoms with van der Waals surface area (Å²) in [6, 6.07) is 5.79. The maximum Gasteiger partial charge on any atom is 0.407 e.